The molecule has 0 atom stereocenters. The number of amides is 1. The molecule has 1 amide bonds. The number of allylic oxidation sites excluding steroid dienone is 2. The normalized spacial score (nSPS) is 18.5. The van der Waals surface area contributed by atoms with Crippen LogP contribution in [0.4, 0.5) is 5.69 Å². The molecule has 4 nitrogen and oxygen atoms in total. The van der Waals surface area contributed by atoms with Gasteiger partial charge in [-0.2, -0.15) is 0 Å². The van der Waals surface area contributed by atoms with Gasteiger partial charge in [0.25, 0.3) is 5.91 Å². The molecule has 0 unspecified atom stereocenters. The zero-order valence-electron chi connectivity index (χ0n) is 11.3. The molecule has 0 bridgehead atoms. The first-order valence-corrected chi connectivity index (χ1v) is 8.35. The predicted molar refractivity (Wildman–Crippen MR) is 97.8 cm³/mol. The number of hydrogen-bond donors (Lipinski definition) is 1. The number of nitrogens with one attached hydrogen (secondary N) is 1. The Morgan fingerprint density at radius 1 is 1.23 bits per heavy atom. The molecule has 0 saturated carbocycles. The average molecular weight is 422 g/mol. The smallest absolute Gasteiger partial charge is 0.264 e. The Morgan fingerprint density at radius 2 is 2.05 bits per heavy atom. The van der Waals surface area contributed by atoms with E-state index >= 15 is 0 Å². The molecule has 1 fully saturated rings. The highest BCUT2D eigenvalue weighted by atomic mass is 127. The van der Waals surface area contributed by atoms with E-state index in [2.05, 4.69) is 32.9 Å². The maximum atomic E-state index is 11.9. The molecule has 1 aliphatic heterocycles. The second-order valence-electron chi connectivity index (χ2n) is 4.36. The minimum absolute atomic E-state index is 0.140. The fraction of sp³-hybridized carbons (Fsp3) is 0. The van der Waals surface area contributed by atoms with Crippen molar-refractivity contribution >= 4 is 57.2 Å². The van der Waals surface area contributed by atoms with Gasteiger partial charge in [0, 0.05) is 3.57 Å². The second kappa shape index (κ2) is 6.97. The Bertz CT molecular complexity index is 762. The summed E-state index contributed by atoms with van der Waals surface area (Å²) in [6, 6.07) is 11.4. The molecule has 22 heavy (non-hydrogen) atoms. The van der Waals surface area contributed by atoms with Crippen molar-refractivity contribution in [3.05, 3.63) is 69.0 Å². The number of furan rings is 1. The third-order valence-corrected chi connectivity index (χ3v) is 4.41. The predicted octanol–water partition coefficient (Wildman–Crippen LogP) is 4.33. The van der Waals surface area contributed by atoms with E-state index in [9.17, 15) is 4.79 Å². The van der Waals surface area contributed by atoms with Crippen molar-refractivity contribution in [3.8, 4) is 0 Å². The standard InChI is InChI=1S/C16H11IN2O2S/c17-11-6-8-12(9-7-11)18-16-19-15(20)14(22-16)5-1-3-13-4-2-10-21-13/h1-10H,(H,18,19,20). The van der Waals surface area contributed by atoms with Gasteiger partial charge in [-0.05, 0) is 82.9 Å². The third-order valence-electron chi connectivity index (χ3n) is 2.76. The van der Waals surface area contributed by atoms with E-state index < -0.39 is 0 Å². The third kappa shape index (κ3) is 3.89. The lowest BCUT2D eigenvalue weighted by Gasteiger charge is -1.96. The number of aliphatic imine (C=N–C) groups is 1. The monoisotopic (exact) mass is 422 g/mol. The molecule has 1 aliphatic rings. The van der Waals surface area contributed by atoms with E-state index in [1.807, 2.05) is 36.4 Å². The molecule has 110 valence electrons. The van der Waals surface area contributed by atoms with Crippen molar-refractivity contribution in [1.29, 1.82) is 0 Å². The summed E-state index contributed by atoms with van der Waals surface area (Å²) in [6.07, 6.45) is 6.94. The van der Waals surface area contributed by atoms with Gasteiger partial charge in [0.15, 0.2) is 5.17 Å². The lowest BCUT2D eigenvalue weighted by atomic mass is 10.3. The van der Waals surface area contributed by atoms with E-state index in [1.165, 1.54) is 11.8 Å². The number of thioether (sulfide) groups is 1. The van der Waals surface area contributed by atoms with Gasteiger partial charge < -0.3 is 9.73 Å². The lowest BCUT2D eigenvalue weighted by Crippen LogP contribution is -2.19. The van der Waals surface area contributed by atoms with E-state index in [4.69, 9.17) is 4.42 Å². The Balaban J connectivity index is 1.71. The van der Waals surface area contributed by atoms with E-state index in [1.54, 1.807) is 24.5 Å². The Hall–Kier alpha value is -1.80. The van der Waals surface area contributed by atoms with Crippen LogP contribution >= 0.6 is 34.4 Å². The topological polar surface area (TPSA) is 54.6 Å². The van der Waals surface area contributed by atoms with Crippen LogP contribution in [0, 0.1) is 3.57 Å². The maximum Gasteiger partial charge on any atom is 0.264 e. The molecule has 0 aliphatic carbocycles. The van der Waals surface area contributed by atoms with Crippen LogP contribution in [0.2, 0.25) is 0 Å². The van der Waals surface area contributed by atoms with Crippen LogP contribution in [-0.2, 0) is 4.79 Å². The zero-order valence-corrected chi connectivity index (χ0v) is 14.3. The summed E-state index contributed by atoms with van der Waals surface area (Å²) in [5.74, 6) is 0.603. The van der Waals surface area contributed by atoms with E-state index in [-0.39, 0.29) is 5.91 Å². The quantitative estimate of drug-likeness (QED) is 0.592. The van der Waals surface area contributed by atoms with Gasteiger partial charge in [-0.1, -0.05) is 6.08 Å². The Kier molecular flexibility index (Phi) is 4.79. The molecule has 1 aromatic carbocycles. The Labute approximate surface area is 145 Å². The van der Waals surface area contributed by atoms with Gasteiger partial charge in [-0.25, -0.2) is 4.99 Å². The van der Waals surface area contributed by atoms with Gasteiger partial charge in [0.1, 0.15) is 5.76 Å². The van der Waals surface area contributed by atoms with Crippen molar-refractivity contribution in [2.75, 3.05) is 0 Å². The molecule has 3 rings (SSSR count). The van der Waals surface area contributed by atoms with Crippen molar-refractivity contribution in [2.45, 2.75) is 0 Å². The van der Waals surface area contributed by atoms with Crippen molar-refractivity contribution < 1.29 is 9.21 Å². The summed E-state index contributed by atoms with van der Waals surface area (Å²) in [5.41, 5.74) is 0.815. The number of rotatable bonds is 3. The molecule has 6 heteroatoms. The maximum absolute atomic E-state index is 11.9. The summed E-state index contributed by atoms with van der Waals surface area (Å²) in [6.45, 7) is 0. The van der Waals surface area contributed by atoms with Gasteiger partial charge in [0.2, 0.25) is 0 Å². The van der Waals surface area contributed by atoms with E-state index in [0.717, 1.165) is 15.0 Å². The fourth-order valence-electron chi connectivity index (χ4n) is 1.74. The number of halogens is 1. The minimum atomic E-state index is -0.140. The molecule has 1 aromatic heterocycles. The van der Waals surface area contributed by atoms with Crippen molar-refractivity contribution in [2.24, 2.45) is 4.99 Å². The van der Waals surface area contributed by atoms with Crippen LogP contribution in [0.1, 0.15) is 5.76 Å². The molecular formula is C16H11IN2O2S. The first-order valence-electron chi connectivity index (χ1n) is 6.46. The van der Waals surface area contributed by atoms with Crippen molar-refractivity contribution in [1.82, 2.24) is 5.32 Å². The Morgan fingerprint density at radius 3 is 2.77 bits per heavy atom. The summed E-state index contributed by atoms with van der Waals surface area (Å²) < 4.78 is 6.33. The van der Waals surface area contributed by atoms with Gasteiger partial charge >= 0.3 is 0 Å². The molecule has 1 N–H and O–H groups in total. The number of hydrogen-bond acceptors (Lipinski definition) is 4. The summed E-state index contributed by atoms with van der Waals surface area (Å²) in [4.78, 5) is 16.9. The van der Waals surface area contributed by atoms with Gasteiger partial charge in [-0.3, -0.25) is 4.79 Å². The summed E-state index contributed by atoms with van der Waals surface area (Å²) in [7, 11) is 0. The van der Waals surface area contributed by atoms with Crippen molar-refractivity contribution in [3.63, 3.8) is 0 Å². The van der Waals surface area contributed by atoms with Crippen LogP contribution in [0.5, 0.6) is 0 Å². The first-order chi connectivity index (χ1) is 10.7. The number of carbonyl (C=O) groups is 1. The highest BCUT2D eigenvalue weighted by molar-refractivity contribution is 14.1. The number of amidine groups is 1. The molecular weight excluding hydrogens is 411 g/mol. The second-order valence-corrected chi connectivity index (χ2v) is 6.63. The highest BCUT2D eigenvalue weighted by Crippen LogP contribution is 2.26. The summed E-state index contributed by atoms with van der Waals surface area (Å²) >= 11 is 3.56. The molecule has 0 radical (unpaired) electrons. The SMILES string of the molecule is O=C1NC(=Nc2ccc(I)cc2)SC1=CC=Cc1ccco1. The van der Waals surface area contributed by atoms with Gasteiger partial charge in [0.05, 0.1) is 16.9 Å². The fourth-order valence-corrected chi connectivity index (χ4v) is 2.90. The van der Waals surface area contributed by atoms with Crippen LogP contribution < -0.4 is 5.32 Å². The number of nitrogens with zero attached hydrogens (tertiary/aromatic N) is 1. The molecule has 1 saturated heterocycles. The highest BCUT2D eigenvalue weighted by Gasteiger charge is 2.22. The van der Waals surface area contributed by atoms with Crippen LogP contribution in [-0.4, -0.2) is 11.1 Å². The van der Waals surface area contributed by atoms with Crippen LogP contribution in [0.3, 0.4) is 0 Å². The lowest BCUT2D eigenvalue weighted by molar-refractivity contribution is -0.115. The minimum Gasteiger partial charge on any atom is -0.465 e. The van der Waals surface area contributed by atoms with Gasteiger partial charge in [-0.15, -0.1) is 0 Å². The van der Waals surface area contributed by atoms with Crippen LogP contribution in [0.15, 0.2) is 69.1 Å². The largest absolute Gasteiger partial charge is 0.465 e. The summed E-state index contributed by atoms with van der Waals surface area (Å²) in [5, 5.41) is 3.34. The zero-order chi connectivity index (χ0) is 15.4. The number of benzene rings is 1. The molecule has 2 heterocycles. The first kappa shape index (κ1) is 15.1. The molecule has 0 spiro atoms. The molecule has 2 aromatic rings. The number of carbonyl (C=O) groups excluding carboxylic acids is 1. The van der Waals surface area contributed by atoms with Crippen LogP contribution in [0.25, 0.3) is 6.08 Å². The van der Waals surface area contributed by atoms with E-state index in [0.29, 0.717) is 10.1 Å². The average Bonchev–Trinajstić information content (AvgIpc) is 3.12.